The largest absolute Gasteiger partial charge is 0.306 e. The zero-order valence-corrected chi connectivity index (χ0v) is 9.69. The first-order valence-electron chi connectivity index (χ1n) is 6.33. The summed E-state index contributed by atoms with van der Waals surface area (Å²) in [6.45, 7) is 1.11. The lowest BCUT2D eigenvalue weighted by atomic mass is 9.87. The van der Waals surface area contributed by atoms with Gasteiger partial charge in [-0.25, -0.2) is 0 Å². The molecule has 0 saturated carbocycles. The van der Waals surface area contributed by atoms with E-state index in [1.165, 1.54) is 23.1 Å². The molecule has 2 heterocycles. The summed E-state index contributed by atoms with van der Waals surface area (Å²) in [6.07, 6.45) is 1.18. The standard InChI is InChI=1S/C16H15N/c1-2-7-14-11(5-1)9-12-10-17-16(14)15-8-4-3-6-13(12)15/h1-8,12,16-17H,9-10H2/t12-,16+/m1/s1. The van der Waals surface area contributed by atoms with E-state index in [-0.39, 0.29) is 0 Å². The van der Waals surface area contributed by atoms with Crippen molar-refractivity contribution >= 4 is 0 Å². The van der Waals surface area contributed by atoms with Crippen molar-refractivity contribution < 1.29 is 0 Å². The minimum atomic E-state index is 0.404. The highest BCUT2D eigenvalue weighted by molar-refractivity contribution is 5.48. The monoisotopic (exact) mass is 221 g/mol. The summed E-state index contributed by atoms with van der Waals surface area (Å²) in [5.74, 6) is 0.645. The van der Waals surface area contributed by atoms with Crippen LogP contribution in [0.4, 0.5) is 0 Å². The zero-order valence-electron chi connectivity index (χ0n) is 9.69. The fraction of sp³-hybridized carbons (Fsp3) is 0.250. The van der Waals surface area contributed by atoms with Gasteiger partial charge in [0.05, 0.1) is 6.04 Å². The third-order valence-electron chi connectivity index (χ3n) is 4.15. The smallest absolute Gasteiger partial charge is 0.0582 e. The number of rotatable bonds is 0. The zero-order chi connectivity index (χ0) is 11.2. The molecular formula is C16H15N. The van der Waals surface area contributed by atoms with E-state index < -0.39 is 0 Å². The van der Waals surface area contributed by atoms with Crippen LogP contribution < -0.4 is 5.32 Å². The first-order valence-corrected chi connectivity index (χ1v) is 6.33. The van der Waals surface area contributed by atoms with Crippen molar-refractivity contribution in [3.63, 3.8) is 0 Å². The second-order valence-electron chi connectivity index (χ2n) is 5.07. The summed E-state index contributed by atoms with van der Waals surface area (Å²) in [7, 11) is 0. The predicted octanol–water partition coefficient (Wildman–Crippen LogP) is 3.02. The van der Waals surface area contributed by atoms with Crippen LogP contribution in [0.3, 0.4) is 0 Å². The summed E-state index contributed by atoms with van der Waals surface area (Å²) in [6, 6.07) is 18.2. The first-order chi connectivity index (χ1) is 8.43. The summed E-state index contributed by atoms with van der Waals surface area (Å²) in [4.78, 5) is 0. The summed E-state index contributed by atoms with van der Waals surface area (Å²) in [5, 5.41) is 3.69. The Balaban J connectivity index is 2.00. The van der Waals surface area contributed by atoms with Gasteiger partial charge in [0.15, 0.2) is 0 Å². The molecule has 0 unspecified atom stereocenters. The lowest BCUT2D eigenvalue weighted by molar-refractivity contribution is 0.520. The average Bonchev–Trinajstić information content (AvgIpc) is 2.66. The predicted molar refractivity (Wildman–Crippen MR) is 69.2 cm³/mol. The molecule has 0 spiro atoms. The van der Waals surface area contributed by atoms with Crippen molar-refractivity contribution in [3.8, 4) is 0 Å². The Morgan fingerprint density at radius 1 is 0.824 bits per heavy atom. The summed E-state index contributed by atoms with van der Waals surface area (Å²) >= 11 is 0. The molecule has 1 heteroatoms. The van der Waals surface area contributed by atoms with Gasteiger partial charge in [-0.3, -0.25) is 0 Å². The minimum Gasteiger partial charge on any atom is -0.306 e. The average molecular weight is 221 g/mol. The quantitative estimate of drug-likeness (QED) is 0.721. The van der Waals surface area contributed by atoms with Crippen molar-refractivity contribution in [1.82, 2.24) is 5.32 Å². The van der Waals surface area contributed by atoms with Crippen molar-refractivity contribution in [2.45, 2.75) is 18.4 Å². The molecule has 2 aliphatic heterocycles. The van der Waals surface area contributed by atoms with Gasteiger partial charge in [-0.05, 0) is 28.7 Å². The van der Waals surface area contributed by atoms with Gasteiger partial charge in [-0.1, -0.05) is 48.5 Å². The van der Waals surface area contributed by atoms with Crippen molar-refractivity contribution in [2.75, 3.05) is 6.54 Å². The molecule has 2 aromatic carbocycles. The molecule has 0 amide bonds. The lowest BCUT2D eigenvalue weighted by Gasteiger charge is -2.29. The molecule has 1 N–H and O–H groups in total. The maximum Gasteiger partial charge on any atom is 0.0582 e. The summed E-state index contributed by atoms with van der Waals surface area (Å²) in [5.41, 5.74) is 6.02. The highest BCUT2D eigenvalue weighted by Gasteiger charge is 2.32. The molecule has 1 nitrogen and oxygen atoms in total. The van der Waals surface area contributed by atoms with E-state index in [2.05, 4.69) is 53.8 Å². The SMILES string of the molecule is c1ccc2c(c1)C[C@@H]1CN[C@@H]2c2ccccc21. The Labute approximate surface area is 101 Å². The van der Waals surface area contributed by atoms with Crippen LogP contribution in [0.15, 0.2) is 48.5 Å². The summed E-state index contributed by atoms with van der Waals surface area (Å²) < 4.78 is 0. The maximum atomic E-state index is 3.69. The molecule has 0 saturated heterocycles. The maximum absolute atomic E-state index is 3.69. The molecule has 84 valence electrons. The molecular weight excluding hydrogens is 206 g/mol. The molecule has 17 heavy (non-hydrogen) atoms. The highest BCUT2D eigenvalue weighted by atomic mass is 14.9. The lowest BCUT2D eigenvalue weighted by Crippen LogP contribution is -2.31. The molecule has 3 aliphatic rings. The van der Waals surface area contributed by atoms with Gasteiger partial charge in [0, 0.05) is 12.5 Å². The van der Waals surface area contributed by atoms with Gasteiger partial charge in [0.25, 0.3) is 0 Å². The van der Waals surface area contributed by atoms with E-state index >= 15 is 0 Å². The number of fused-ring (bicyclic) bond motifs is 1. The van der Waals surface area contributed by atoms with Crippen LogP contribution in [-0.4, -0.2) is 6.54 Å². The minimum absolute atomic E-state index is 0.404. The van der Waals surface area contributed by atoms with Gasteiger partial charge in [-0.2, -0.15) is 0 Å². The number of hydrogen-bond acceptors (Lipinski definition) is 1. The number of hydrogen-bond donors (Lipinski definition) is 1. The second-order valence-corrected chi connectivity index (χ2v) is 5.07. The second kappa shape index (κ2) is 3.44. The van der Waals surface area contributed by atoms with E-state index in [9.17, 15) is 0 Å². The Morgan fingerprint density at radius 3 is 2.41 bits per heavy atom. The van der Waals surface area contributed by atoms with Gasteiger partial charge in [-0.15, -0.1) is 0 Å². The Morgan fingerprint density at radius 2 is 1.53 bits per heavy atom. The third-order valence-corrected chi connectivity index (χ3v) is 4.15. The van der Waals surface area contributed by atoms with Crippen LogP contribution in [0.5, 0.6) is 0 Å². The van der Waals surface area contributed by atoms with E-state index in [1.54, 1.807) is 5.56 Å². The van der Waals surface area contributed by atoms with Crippen LogP contribution >= 0.6 is 0 Å². The molecule has 5 rings (SSSR count). The molecule has 1 aliphatic carbocycles. The number of nitrogens with one attached hydrogen (secondary N) is 1. The van der Waals surface area contributed by atoms with Crippen LogP contribution in [0.2, 0.25) is 0 Å². The molecule has 0 fully saturated rings. The molecule has 2 bridgehead atoms. The van der Waals surface area contributed by atoms with Crippen molar-refractivity contribution in [3.05, 3.63) is 70.8 Å². The van der Waals surface area contributed by atoms with E-state index in [0.717, 1.165) is 6.54 Å². The van der Waals surface area contributed by atoms with Crippen LogP contribution in [0.1, 0.15) is 34.2 Å². The van der Waals surface area contributed by atoms with E-state index in [0.29, 0.717) is 12.0 Å². The number of benzene rings is 2. The van der Waals surface area contributed by atoms with Gasteiger partial charge >= 0.3 is 0 Å². The van der Waals surface area contributed by atoms with Crippen molar-refractivity contribution in [1.29, 1.82) is 0 Å². The Hall–Kier alpha value is -1.60. The van der Waals surface area contributed by atoms with Crippen molar-refractivity contribution in [2.24, 2.45) is 0 Å². The first kappa shape index (κ1) is 9.43. The molecule has 2 atom stereocenters. The Bertz CT molecular complexity index is 573. The molecule has 0 radical (unpaired) electrons. The molecule has 0 aromatic heterocycles. The molecule has 2 aromatic rings. The fourth-order valence-corrected chi connectivity index (χ4v) is 3.35. The topological polar surface area (TPSA) is 12.0 Å². The fourth-order valence-electron chi connectivity index (χ4n) is 3.35. The van der Waals surface area contributed by atoms with E-state index in [1.807, 2.05) is 0 Å². The van der Waals surface area contributed by atoms with Gasteiger partial charge in [0.2, 0.25) is 0 Å². The Kier molecular flexibility index (Phi) is 1.91. The van der Waals surface area contributed by atoms with E-state index in [4.69, 9.17) is 0 Å². The highest BCUT2D eigenvalue weighted by Crippen LogP contribution is 2.40. The normalized spacial score (nSPS) is 24.9. The van der Waals surface area contributed by atoms with Crippen LogP contribution in [0.25, 0.3) is 0 Å². The third kappa shape index (κ3) is 1.29. The van der Waals surface area contributed by atoms with Crippen LogP contribution in [-0.2, 0) is 6.42 Å². The van der Waals surface area contributed by atoms with Gasteiger partial charge < -0.3 is 5.32 Å². The van der Waals surface area contributed by atoms with Gasteiger partial charge in [0.1, 0.15) is 0 Å². The van der Waals surface area contributed by atoms with Crippen LogP contribution in [0, 0.1) is 0 Å².